The zero-order valence-corrected chi connectivity index (χ0v) is 18.4. The van der Waals surface area contributed by atoms with E-state index in [9.17, 15) is 14.4 Å². The van der Waals surface area contributed by atoms with E-state index < -0.39 is 22.3 Å². The molecule has 3 aromatic heterocycles. The van der Waals surface area contributed by atoms with Crippen molar-refractivity contribution in [3.05, 3.63) is 50.9 Å². The van der Waals surface area contributed by atoms with Crippen LogP contribution in [0.2, 0.25) is 0 Å². The van der Waals surface area contributed by atoms with Crippen molar-refractivity contribution >= 4 is 23.4 Å². The Morgan fingerprint density at radius 3 is 2.52 bits per heavy atom. The number of aromatic nitrogens is 6. The van der Waals surface area contributed by atoms with Crippen LogP contribution in [0, 0.1) is 0 Å². The van der Waals surface area contributed by atoms with Crippen molar-refractivity contribution in [1.29, 1.82) is 0 Å². The summed E-state index contributed by atoms with van der Waals surface area (Å²) in [4.78, 5) is 41.7. The van der Waals surface area contributed by atoms with Crippen molar-refractivity contribution in [2.75, 3.05) is 19.5 Å². The van der Waals surface area contributed by atoms with Gasteiger partial charge in [-0.05, 0) is 19.1 Å². The van der Waals surface area contributed by atoms with Gasteiger partial charge in [-0.1, -0.05) is 11.8 Å². The molecule has 3 heterocycles. The smallest absolute Gasteiger partial charge is 0.332 e. The number of methoxy groups -OCH3 is 1. The van der Waals surface area contributed by atoms with E-state index in [0.717, 1.165) is 26.5 Å². The summed E-state index contributed by atoms with van der Waals surface area (Å²) in [5.74, 6) is -0.0477. The van der Waals surface area contributed by atoms with Crippen LogP contribution in [0.5, 0.6) is 0 Å². The highest BCUT2D eigenvalue weighted by Crippen LogP contribution is 2.28. The number of ether oxygens (including phenoxy) is 1. The molecule has 0 aliphatic carbocycles. The maximum absolute atomic E-state index is 13.1. The molecule has 0 saturated carbocycles. The number of nitrogens with zero attached hydrogens (tertiary/aromatic N) is 6. The van der Waals surface area contributed by atoms with Gasteiger partial charge in [-0.2, -0.15) is 0 Å². The minimum atomic E-state index is -0.726. The molecule has 12 heteroatoms. The van der Waals surface area contributed by atoms with E-state index in [1.54, 1.807) is 26.4 Å². The third-order valence-electron chi connectivity index (χ3n) is 4.78. The first kappa shape index (κ1) is 22.4. The Morgan fingerprint density at radius 1 is 1.19 bits per heavy atom. The summed E-state index contributed by atoms with van der Waals surface area (Å²) in [6.07, 6.45) is 3.31. The molecule has 3 aromatic rings. The minimum absolute atomic E-state index is 0.163. The number of carbonyl (C=O) groups is 1. The van der Waals surface area contributed by atoms with E-state index in [2.05, 4.69) is 15.2 Å². The monoisotopic (exact) mass is 445 g/mol. The number of hydrogen-bond acceptors (Lipinski definition) is 9. The third kappa shape index (κ3) is 4.30. The lowest BCUT2D eigenvalue weighted by atomic mass is 10.1. The van der Waals surface area contributed by atoms with Gasteiger partial charge in [0.1, 0.15) is 11.4 Å². The molecule has 0 aliphatic rings. The summed E-state index contributed by atoms with van der Waals surface area (Å²) in [6, 6.07) is 3.62. The van der Waals surface area contributed by atoms with Crippen molar-refractivity contribution in [2.45, 2.75) is 23.9 Å². The highest BCUT2D eigenvalue weighted by atomic mass is 32.2. The fourth-order valence-electron chi connectivity index (χ4n) is 2.98. The zero-order chi connectivity index (χ0) is 22.7. The lowest BCUT2D eigenvalue weighted by Crippen LogP contribution is -2.42. The van der Waals surface area contributed by atoms with Gasteiger partial charge < -0.3 is 10.5 Å². The molecule has 0 amide bonds. The van der Waals surface area contributed by atoms with E-state index >= 15 is 0 Å². The number of thioether (sulfide) groups is 1. The molecule has 11 nitrogen and oxygen atoms in total. The van der Waals surface area contributed by atoms with Crippen molar-refractivity contribution in [3.8, 4) is 11.4 Å². The number of rotatable bonds is 8. The van der Waals surface area contributed by atoms with Crippen LogP contribution in [0.3, 0.4) is 0 Å². The second-order valence-electron chi connectivity index (χ2n) is 6.78. The van der Waals surface area contributed by atoms with E-state index in [-0.39, 0.29) is 11.4 Å². The number of pyridine rings is 1. The summed E-state index contributed by atoms with van der Waals surface area (Å²) in [6.45, 7) is 2.53. The topological polar surface area (TPSA) is 140 Å². The van der Waals surface area contributed by atoms with Crippen LogP contribution in [0.15, 0.2) is 39.3 Å². The summed E-state index contributed by atoms with van der Waals surface area (Å²) in [5, 5.41) is 8.28. The molecule has 0 fully saturated rings. The number of nitrogen functional groups attached to an aromatic ring is 1. The van der Waals surface area contributed by atoms with E-state index in [1.807, 2.05) is 16.7 Å². The number of anilines is 1. The SMILES string of the molecule is COCCn1c(SC(C)C(=O)c2c(N)n(C)c(=O)n(C)c2=O)nnc1-c1ccncc1. The number of ketones is 1. The first-order valence-corrected chi connectivity index (χ1v) is 10.2. The van der Waals surface area contributed by atoms with Gasteiger partial charge in [-0.15, -0.1) is 10.2 Å². The summed E-state index contributed by atoms with van der Waals surface area (Å²) in [7, 11) is 4.31. The van der Waals surface area contributed by atoms with Gasteiger partial charge in [0.05, 0.1) is 18.4 Å². The highest BCUT2D eigenvalue weighted by molar-refractivity contribution is 8.00. The summed E-state index contributed by atoms with van der Waals surface area (Å²) in [5.41, 5.74) is 5.20. The molecule has 0 radical (unpaired) electrons. The molecular weight excluding hydrogens is 422 g/mol. The van der Waals surface area contributed by atoms with Crippen LogP contribution < -0.4 is 17.0 Å². The normalized spacial score (nSPS) is 12.1. The summed E-state index contributed by atoms with van der Waals surface area (Å²) >= 11 is 1.15. The van der Waals surface area contributed by atoms with Gasteiger partial charge in [-0.25, -0.2) is 4.79 Å². The van der Waals surface area contributed by atoms with Crippen LogP contribution in [-0.2, 0) is 25.4 Å². The average molecular weight is 446 g/mol. The van der Waals surface area contributed by atoms with Crippen molar-refractivity contribution in [2.24, 2.45) is 14.1 Å². The second kappa shape index (κ2) is 9.27. The Morgan fingerprint density at radius 2 is 1.87 bits per heavy atom. The van der Waals surface area contributed by atoms with Gasteiger partial charge in [0.25, 0.3) is 5.56 Å². The number of nitrogens with two attached hydrogens (primary N) is 1. The van der Waals surface area contributed by atoms with Crippen LogP contribution in [-0.4, -0.2) is 53.6 Å². The molecular formula is C19H23N7O4S. The quantitative estimate of drug-likeness (QED) is 0.384. The fourth-order valence-corrected chi connectivity index (χ4v) is 3.92. The Labute approximate surface area is 181 Å². The standard InChI is InChI=1S/C19H23N7O4S/c1-11(14(27)13-15(20)24(2)19(29)25(3)17(13)28)31-18-23-22-16(26(18)9-10-30-4)12-5-7-21-8-6-12/h5-8,11H,9-10,20H2,1-4H3. The second-order valence-corrected chi connectivity index (χ2v) is 8.08. The van der Waals surface area contributed by atoms with E-state index in [1.165, 1.54) is 14.1 Å². The highest BCUT2D eigenvalue weighted by Gasteiger charge is 2.27. The van der Waals surface area contributed by atoms with Crippen LogP contribution in [0.25, 0.3) is 11.4 Å². The third-order valence-corrected chi connectivity index (χ3v) is 5.86. The maximum atomic E-state index is 13.1. The molecule has 1 atom stereocenters. The Hall–Kier alpha value is -3.25. The number of Topliss-reactive ketones (excluding diaryl/α,β-unsaturated/α-hetero) is 1. The van der Waals surface area contributed by atoms with Gasteiger partial charge >= 0.3 is 5.69 Å². The van der Waals surface area contributed by atoms with Crippen molar-refractivity contribution in [1.82, 2.24) is 28.9 Å². The molecule has 164 valence electrons. The fraction of sp³-hybridized carbons (Fsp3) is 0.368. The average Bonchev–Trinajstić information content (AvgIpc) is 3.17. The van der Waals surface area contributed by atoms with Gasteiger partial charge in [0.15, 0.2) is 16.8 Å². The maximum Gasteiger partial charge on any atom is 0.332 e. The molecule has 0 spiro atoms. The van der Waals surface area contributed by atoms with Crippen LogP contribution in [0.4, 0.5) is 5.82 Å². The van der Waals surface area contributed by atoms with E-state index in [4.69, 9.17) is 10.5 Å². The van der Waals surface area contributed by atoms with Crippen LogP contribution >= 0.6 is 11.8 Å². The van der Waals surface area contributed by atoms with Crippen LogP contribution in [0.1, 0.15) is 17.3 Å². The predicted molar refractivity (Wildman–Crippen MR) is 116 cm³/mol. The van der Waals surface area contributed by atoms with Gasteiger partial charge in [0.2, 0.25) is 0 Å². The van der Waals surface area contributed by atoms with Crippen molar-refractivity contribution < 1.29 is 9.53 Å². The van der Waals surface area contributed by atoms with E-state index in [0.29, 0.717) is 24.1 Å². The molecule has 3 rings (SSSR count). The number of hydrogen-bond donors (Lipinski definition) is 1. The van der Waals surface area contributed by atoms with Gasteiger partial charge in [0, 0.05) is 39.2 Å². The number of carbonyl (C=O) groups excluding carboxylic acids is 1. The van der Waals surface area contributed by atoms with Crippen molar-refractivity contribution in [3.63, 3.8) is 0 Å². The summed E-state index contributed by atoms with van der Waals surface area (Å²) < 4.78 is 8.98. The minimum Gasteiger partial charge on any atom is -0.384 e. The largest absolute Gasteiger partial charge is 0.384 e. The Bertz CT molecular complexity index is 1220. The molecule has 2 N–H and O–H groups in total. The first-order valence-electron chi connectivity index (χ1n) is 9.36. The lowest BCUT2D eigenvalue weighted by Gasteiger charge is -2.15. The molecule has 0 saturated heterocycles. The molecule has 0 aromatic carbocycles. The molecule has 1 unspecified atom stereocenters. The zero-order valence-electron chi connectivity index (χ0n) is 17.6. The molecule has 31 heavy (non-hydrogen) atoms. The Kier molecular flexibility index (Phi) is 6.71. The molecule has 0 aliphatic heterocycles. The van der Waals surface area contributed by atoms with Gasteiger partial charge in [-0.3, -0.25) is 28.3 Å². The lowest BCUT2D eigenvalue weighted by molar-refractivity contribution is 0.0992. The Balaban J connectivity index is 1.96. The first-order chi connectivity index (χ1) is 14.8. The predicted octanol–water partition coefficient (Wildman–Crippen LogP) is 0.330. The molecule has 0 bridgehead atoms.